The van der Waals surface area contributed by atoms with Crippen LogP contribution in [0.1, 0.15) is 69.8 Å². The summed E-state index contributed by atoms with van der Waals surface area (Å²) in [5.41, 5.74) is 3.74. The molecule has 2 rings (SSSR count). The second-order valence-electron chi connectivity index (χ2n) is 10.5. The first kappa shape index (κ1) is 28.9. The molecule has 0 aliphatic carbocycles. The standard InChI is InChI=1S/C29H41N3O4/c1-10-32(27(34)24(18(2)3)31-28(35)36-29(7,8)9)25(22-16-15-19(4)21(6)17-22)26(33)30-23-14-12-11-13-20(23)5/h11-18,24-25H,10H2,1-9H3,(H,30,33)(H,31,35). The predicted octanol–water partition coefficient (Wildman–Crippen LogP) is 5.69. The average Bonchev–Trinajstić information content (AvgIpc) is 2.77. The Morgan fingerprint density at radius 1 is 0.944 bits per heavy atom. The summed E-state index contributed by atoms with van der Waals surface area (Å²) in [6, 6.07) is 11.6. The van der Waals surface area contributed by atoms with E-state index < -0.39 is 23.8 Å². The lowest BCUT2D eigenvalue weighted by Crippen LogP contribution is -2.54. The van der Waals surface area contributed by atoms with E-state index >= 15 is 0 Å². The lowest BCUT2D eigenvalue weighted by Gasteiger charge is -2.35. The zero-order valence-corrected chi connectivity index (χ0v) is 23.1. The van der Waals surface area contributed by atoms with Gasteiger partial charge >= 0.3 is 6.09 Å². The van der Waals surface area contributed by atoms with Crippen LogP contribution < -0.4 is 10.6 Å². The van der Waals surface area contributed by atoms with Crippen molar-refractivity contribution in [3.63, 3.8) is 0 Å². The van der Waals surface area contributed by atoms with Gasteiger partial charge in [0.25, 0.3) is 5.91 Å². The van der Waals surface area contributed by atoms with Crippen molar-refractivity contribution in [2.45, 2.75) is 80.0 Å². The zero-order valence-electron chi connectivity index (χ0n) is 23.1. The van der Waals surface area contributed by atoms with Crippen LogP contribution in [0.4, 0.5) is 10.5 Å². The van der Waals surface area contributed by atoms with Crippen molar-refractivity contribution in [3.8, 4) is 0 Å². The van der Waals surface area contributed by atoms with E-state index in [1.54, 1.807) is 20.8 Å². The van der Waals surface area contributed by atoms with Crippen molar-refractivity contribution < 1.29 is 19.1 Å². The van der Waals surface area contributed by atoms with Crippen molar-refractivity contribution in [3.05, 3.63) is 64.7 Å². The highest BCUT2D eigenvalue weighted by Crippen LogP contribution is 2.27. The molecule has 2 unspecified atom stereocenters. The maximum atomic E-state index is 13.9. The molecule has 2 aromatic rings. The Morgan fingerprint density at radius 2 is 1.58 bits per heavy atom. The van der Waals surface area contributed by atoms with Crippen LogP contribution in [-0.2, 0) is 14.3 Å². The molecule has 0 radical (unpaired) electrons. The van der Waals surface area contributed by atoms with Crippen LogP contribution in [0.15, 0.2) is 42.5 Å². The number of para-hydroxylation sites is 1. The summed E-state index contributed by atoms with van der Waals surface area (Å²) in [5, 5.41) is 5.74. The molecule has 2 aromatic carbocycles. The number of hydrogen-bond acceptors (Lipinski definition) is 4. The number of ether oxygens (including phenoxy) is 1. The number of aryl methyl sites for hydroxylation is 3. The normalized spacial score (nSPS) is 13.1. The maximum Gasteiger partial charge on any atom is 0.408 e. The Morgan fingerprint density at radius 3 is 2.11 bits per heavy atom. The molecule has 0 aromatic heterocycles. The van der Waals surface area contributed by atoms with Gasteiger partial charge in [-0.15, -0.1) is 0 Å². The van der Waals surface area contributed by atoms with E-state index in [-0.39, 0.29) is 24.3 Å². The van der Waals surface area contributed by atoms with Crippen molar-refractivity contribution in [1.29, 1.82) is 0 Å². The van der Waals surface area contributed by atoms with Gasteiger partial charge in [0.15, 0.2) is 0 Å². The number of nitrogens with zero attached hydrogens (tertiary/aromatic N) is 1. The van der Waals surface area contributed by atoms with E-state index in [2.05, 4.69) is 10.6 Å². The summed E-state index contributed by atoms with van der Waals surface area (Å²) in [5.74, 6) is -0.886. The third-order valence-corrected chi connectivity index (χ3v) is 6.04. The van der Waals surface area contributed by atoms with E-state index in [0.29, 0.717) is 11.3 Å². The fourth-order valence-electron chi connectivity index (χ4n) is 3.91. The third kappa shape index (κ3) is 7.57. The van der Waals surface area contributed by atoms with Crippen LogP contribution in [0.25, 0.3) is 0 Å². The van der Waals surface area contributed by atoms with Crippen LogP contribution in [0.5, 0.6) is 0 Å². The van der Waals surface area contributed by atoms with Crippen LogP contribution in [0.3, 0.4) is 0 Å². The molecule has 196 valence electrons. The molecule has 0 spiro atoms. The van der Waals surface area contributed by atoms with E-state index in [9.17, 15) is 14.4 Å². The van der Waals surface area contributed by atoms with E-state index in [1.807, 2.05) is 84.0 Å². The number of carbonyl (C=O) groups is 3. The Labute approximate surface area is 215 Å². The van der Waals surface area contributed by atoms with Gasteiger partial charge in [0.1, 0.15) is 17.7 Å². The van der Waals surface area contributed by atoms with Gasteiger partial charge in [0.05, 0.1) is 0 Å². The maximum absolute atomic E-state index is 13.9. The van der Waals surface area contributed by atoms with Crippen LogP contribution in [-0.4, -0.2) is 41.0 Å². The van der Waals surface area contributed by atoms with E-state index in [0.717, 1.165) is 16.7 Å². The molecule has 0 aliphatic rings. The highest BCUT2D eigenvalue weighted by molar-refractivity contribution is 5.99. The van der Waals surface area contributed by atoms with Gasteiger partial charge in [-0.25, -0.2) is 4.79 Å². The summed E-state index contributed by atoms with van der Waals surface area (Å²) in [6.45, 7) is 17.0. The smallest absolute Gasteiger partial charge is 0.408 e. The highest BCUT2D eigenvalue weighted by atomic mass is 16.6. The Balaban J connectivity index is 2.48. The monoisotopic (exact) mass is 495 g/mol. The Kier molecular flexibility index (Phi) is 9.68. The number of nitrogens with one attached hydrogen (secondary N) is 2. The number of alkyl carbamates (subject to hydrolysis) is 1. The molecular weight excluding hydrogens is 454 g/mol. The molecule has 7 heteroatoms. The van der Waals surface area contributed by atoms with E-state index in [1.165, 1.54) is 4.90 Å². The molecule has 0 aliphatic heterocycles. The van der Waals surface area contributed by atoms with Gasteiger partial charge in [-0.3, -0.25) is 9.59 Å². The lowest BCUT2D eigenvalue weighted by molar-refractivity contribution is -0.141. The lowest BCUT2D eigenvalue weighted by atomic mass is 9.96. The second kappa shape index (κ2) is 12.1. The van der Waals surface area contributed by atoms with Gasteiger partial charge in [0, 0.05) is 12.2 Å². The van der Waals surface area contributed by atoms with Crippen molar-refractivity contribution in [2.75, 3.05) is 11.9 Å². The fraction of sp³-hybridized carbons (Fsp3) is 0.483. The quantitative estimate of drug-likeness (QED) is 0.492. The topological polar surface area (TPSA) is 87.7 Å². The van der Waals surface area contributed by atoms with Crippen LogP contribution in [0.2, 0.25) is 0 Å². The number of likely N-dealkylation sites (N-methyl/N-ethyl adjacent to an activating group) is 1. The molecular formula is C29H41N3O4. The minimum atomic E-state index is -0.886. The number of anilines is 1. The SMILES string of the molecule is CCN(C(=O)C(NC(=O)OC(C)(C)C)C(C)C)C(C(=O)Nc1ccccc1C)c1ccc(C)c(C)c1. The van der Waals surface area contributed by atoms with Crippen LogP contribution >= 0.6 is 0 Å². The summed E-state index contributed by atoms with van der Waals surface area (Å²) >= 11 is 0. The Hall–Kier alpha value is -3.35. The minimum absolute atomic E-state index is 0.223. The first-order chi connectivity index (χ1) is 16.7. The summed E-state index contributed by atoms with van der Waals surface area (Å²) < 4.78 is 5.40. The predicted molar refractivity (Wildman–Crippen MR) is 144 cm³/mol. The second-order valence-corrected chi connectivity index (χ2v) is 10.5. The molecule has 0 bridgehead atoms. The van der Waals surface area contributed by atoms with Crippen LogP contribution in [0, 0.1) is 26.7 Å². The van der Waals surface area contributed by atoms with Gasteiger partial charge in [-0.1, -0.05) is 50.2 Å². The first-order valence-corrected chi connectivity index (χ1v) is 12.5. The molecule has 7 nitrogen and oxygen atoms in total. The highest BCUT2D eigenvalue weighted by Gasteiger charge is 2.37. The van der Waals surface area contributed by atoms with E-state index in [4.69, 9.17) is 4.74 Å². The molecule has 0 heterocycles. The van der Waals surface area contributed by atoms with Gasteiger partial charge in [0.2, 0.25) is 5.91 Å². The van der Waals surface area contributed by atoms with Gasteiger partial charge in [-0.2, -0.15) is 0 Å². The molecule has 0 fully saturated rings. The summed E-state index contributed by atoms with van der Waals surface area (Å²) in [4.78, 5) is 41.7. The zero-order chi connectivity index (χ0) is 27.2. The molecule has 36 heavy (non-hydrogen) atoms. The number of rotatable bonds is 8. The molecule has 3 amide bonds. The molecule has 0 saturated carbocycles. The third-order valence-electron chi connectivity index (χ3n) is 6.04. The Bertz CT molecular complexity index is 1090. The number of hydrogen-bond donors (Lipinski definition) is 2. The van der Waals surface area contributed by atoms with Crippen molar-refractivity contribution >= 4 is 23.6 Å². The average molecular weight is 496 g/mol. The number of carbonyl (C=O) groups excluding carboxylic acids is 3. The fourth-order valence-corrected chi connectivity index (χ4v) is 3.91. The summed E-state index contributed by atoms with van der Waals surface area (Å²) in [6.07, 6.45) is -0.669. The van der Waals surface area contributed by atoms with Gasteiger partial charge < -0.3 is 20.3 Å². The van der Waals surface area contributed by atoms with Gasteiger partial charge in [-0.05, 0) is 82.7 Å². The number of amides is 3. The molecule has 2 atom stereocenters. The first-order valence-electron chi connectivity index (χ1n) is 12.5. The van der Waals surface area contributed by atoms with Crippen molar-refractivity contribution in [1.82, 2.24) is 10.2 Å². The number of benzene rings is 2. The summed E-state index contributed by atoms with van der Waals surface area (Å²) in [7, 11) is 0. The minimum Gasteiger partial charge on any atom is -0.444 e. The molecule has 0 saturated heterocycles. The molecule has 2 N–H and O–H groups in total. The largest absolute Gasteiger partial charge is 0.444 e. The van der Waals surface area contributed by atoms with Crippen molar-refractivity contribution in [2.24, 2.45) is 5.92 Å².